The third-order valence-electron chi connectivity index (χ3n) is 5.93. The van der Waals surface area contributed by atoms with Crippen LogP contribution in [0, 0.1) is 0 Å². The van der Waals surface area contributed by atoms with Gasteiger partial charge in [-0.25, -0.2) is 9.67 Å². The molecule has 2 fully saturated rings. The van der Waals surface area contributed by atoms with E-state index in [9.17, 15) is 13.2 Å². The molecule has 8 heteroatoms. The number of halogens is 3. The third kappa shape index (κ3) is 4.33. The van der Waals surface area contributed by atoms with E-state index in [1.165, 1.54) is 6.07 Å². The third-order valence-corrected chi connectivity index (χ3v) is 5.93. The Hall–Kier alpha value is -1.93. The minimum atomic E-state index is -4.38. The lowest BCUT2D eigenvalue weighted by atomic mass is 10.1. The molecular weight excluding hydrogens is 381 g/mol. The maximum atomic E-state index is 13.1. The van der Waals surface area contributed by atoms with Gasteiger partial charge in [0.2, 0.25) is 0 Å². The highest BCUT2D eigenvalue weighted by atomic mass is 19.4. The van der Waals surface area contributed by atoms with Gasteiger partial charge in [-0.1, -0.05) is 12.1 Å². The SMILES string of the molecule is CC(C)n1nc(-c2cccc(C(F)(F)F)c2)nc1[C@H]1CC[C@H](N2CCOCC2)C1. The average Bonchev–Trinajstić information content (AvgIpc) is 3.35. The quantitative estimate of drug-likeness (QED) is 0.747. The van der Waals surface area contributed by atoms with Gasteiger partial charge in [-0.2, -0.15) is 18.3 Å². The van der Waals surface area contributed by atoms with Gasteiger partial charge in [0.05, 0.1) is 18.8 Å². The van der Waals surface area contributed by atoms with Gasteiger partial charge in [-0.15, -0.1) is 0 Å². The van der Waals surface area contributed by atoms with E-state index in [-0.39, 0.29) is 12.0 Å². The van der Waals surface area contributed by atoms with Crippen LogP contribution in [-0.4, -0.2) is 52.0 Å². The van der Waals surface area contributed by atoms with Crippen LogP contribution >= 0.6 is 0 Å². The van der Waals surface area contributed by atoms with Crippen LogP contribution in [-0.2, 0) is 10.9 Å². The zero-order valence-corrected chi connectivity index (χ0v) is 16.8. The fourth-order valence-corrected chi connectivity index (χ4v) is 4.42. The molecule has 5 nitrogen and oxygen atoms in total. The summed E-state index contributed by atoms with van der Waals surface area (Å²) < 4.78 is 46.7. The summed E-state index contributed by atoms with van der Waals surface area (Å²) in [5.74, 6) is 1.54. The number of morpholine rings is 1. The van der Waals surface area contributed by atoms with E-state index in [0.29, 0.717) is 17.4 Å². The molecule has 0 bridgehead atoms. The Morgan fingerprint density at radius 2 is 1.90 bits per heavy atom. The molecule has 1 aromatic carbocycles. The Morgan fingerprint density at radius 1 is 1.14 bits per heavy atom. The molecule has 4 rings (SSSR count). The summed E-state index contributed by atoms with van der Waals surface area (Å²) in [5.41, 5.74) is -0.270. The van der Waals surface area contributed by atoms with E-state index < -0.39 is 11.7 Å². The number of alkyl halides is 3. The van der Waals surface area contributed by atoms with E-state index in [1.807, 2.05) is 18.5 Å². The highest BCUT2D eigenvalue weighted by Crippen LogP contribution is 2.38. The van der Waals surface area contributed by atoms with Crippen molar-refractivity contribution in [1.82, 2.24) is 19.7 Å². The van der Waals surface area contributed by atoms with Crippen molar-refractivity contribution in [3.05, 3.63) is 35.7 Å². The van der Waals surface area contributed by atoms with Crippen LogP contribution in [0.25, 0.3) is 11.4 Å². The first-order chi connectivity index (χ1) is 13.8. The standard InChI is InChI=1S/C21H27F3N4O/c1-14(2)28-20(16-6-7-18(13-16)27-8-10-29-11-9-27)25-19(26-28)15-4-3-5-17(12-15)21(22,23)24/h3-5,12,14,16,18H,6-11,13H2,1-2H3/t16-,18-/m0/s1. The van der Waals surface area contributed by atoms with Crippen molar-refractivity contribution >= 4 is 0 Å². The van der Waals surface area contributed by atoms with Crippen molar-refractivity contribution < 1.29 is 17.9 Å². The second-order valence-electron chi connectivity index (χ2n) is 8.22. The second kappa shape index (κ2) is 8.07. The monoisotopic (exact) mass is 408 g/mol. The highest BCUT2D eigenvalue weighted by Gasteiger charge is 2.35. The van der Waals surface area contributed by atoms with Crippen molar-refractivity contribution in [3.63, 3.8) is 0 Å². The Bertz CT molecular complexity index is 843. The number of benzene rings is 1. The van der Waals surface area contributed by atoms with E-state index in [1.54, 1.807) is 6.07 Å². The molecule has 1 saturated heterocycles. The first kappa shape index (κ1) is 20.3. The zero-order chi connectivity index (χ0) is 20.6. The maximum absolute atomic E-state index is 13.1. The number of nitrogens with zero attached hydrogens (tertiary/aromatic N) is 4. The molecule has 0 spiro atoms. The lowest BCUT2D eigenvalue weighted by Crippen LogP contribution is -2.42. The summed E-state index contributed by atoms with van der Waals surface area (Å²) in [7, 11) is 0. The van der Waals surface area contributed by atoms with E-state index >= 15 is 0 Å². The van der Waals surface area contributed by atoms with E-state index in [4.69, 9.17) is 9.72 Å². The molecule has 2 heterocycles. The van der Waals surface area contributed by atoms with E-state index in [2.05, 4.69) is 10.00 Å². The maximum Gasteiger partial charge on any atom is 0.416 e. The zero-order valence-electron chi connectivity index (χ0n) is 16.8. The minimum absolute atomic E-state index is 0.0967. The van der Waals surface area contributed by atoms with Crippen LogP contribution < -0.4 is 0 Å². The van der Waals surface area contributed by atoms with Crippen LogP contribution in [0.5, 0.6) is 0 Å². The second-order valence-corrected chi connectivity index (χ2v) is 8.22. The molecule has 0 N–H and O–H groups in total. The molecule has 1 aliphatic heterocycles. The summed E-state index contributed by atoms with van der Waals surface area (Å²) in [5, 5.41) is 4.59. The molecule has 2 atom stereocenters. The van der Waals surface area contributed by atoms with E-state index in [0.717, 1.165) is 63.5 Å². The van der Waals surface area contributed by atoms with Crippen molar-refractivity contribution in [2.45, 2.75) is 57.3 Å². The summed E-state index contributed by atoms with van der Waals surface area (Å²) >= 11 is 0. The molecule has 158 valence electrons. The van der Waals surface area contributed by atoms with Gasteiger partial charge in [0, 0.05) is 36.7 Å². The van der Waals surface area contributed by atoms with Crippen LogP contribution in [0.2, 0.25) is 0 Å². The first-order valence-electron chi connectivity index (χ1n) is 10.3. The molecule has 0 amide bonds. The Kier molecular flexibility index (Phi) is 5.66. The molecule has 1 aliphatic carbocycles. The molecule has 2 aromatic rings. The fraction of sp³-hybridized carbons (Fsp3) is 0.619. The molecule has 29 heavy (non-hydrogen) atoms. The summed E-state index contributed by atoms with van der Waals surface area (Å²) in [6, 6.07) is 5.88. The summed E-state index contributed by atoms with van der Waals surface area (Å²) in [6.07, 6.45) is -1.24. The predicted molar refractivity (Wildman–Crippen MR) is 104 cm³/mol. The molecule has 1 aromatic heterocycles. The van der Waals surface area contributed by atoms with Crippen LogP contribution in [0.3, 0.4) is 0 Å². The smallest absolute Gasteiger partial charge is 0.379 e. The van der Waals surface area contributed by atoms with Crippen molar-refractivity contribution in [3.8, 4) is 11.4 Å². The number of rotatable bonds is 4. The van der Waals surface area contributed by atoms with Gasteiger partial charge in [0.25, 0.3) is 0 Å². The van der Waals surface area contributed by atoms with Crippen LogP contribution in [0.4, 0.5) is 13.2 Å². The van der Waals surface area contributed by atoms with Gasteiger partial charge < -0.3 is 4.74 Å². The fourth-order valence-electron chi connectivity index (χ4n) is 4.42. The number of hydrogen-bond donors (Lipinski definition) is 0. The summed E-state index contributed by atoms with van der Waals surface area (Å²) in [6.45, 7) is 7.55. The molecule has 0 radical (unpaired) electrons. The highest BCUT2D eigenvalue weighted by molar-refractivity contribution is 5.56. The van der Waals surface area contributed by atoms with Gasteiger partial charge in [-0.3, -0.25) is 4.90 Å². The largest absolute Gasteiger partial charge is 0.416 e. The normalized spacial score (nSPS) is 23.8. The Balaban J connectivity index is 1.59. The molecule has 2 aliphatic rings. The summed E-state index contributed by atoms with van der Waals surface area (Å²) in [4.78, 5) is 7.22. The first-order valence-corrected chi connectivity index (χ1v) is 10.3. The molecule has 1 saturated carbocycles. The Labute approximate surface area is 168 Å². The topological polar surface area (TPSA) is 43.2 Å². The number of aromatic nitrogens is 3. The van der Waals surface area contributed by atoms with Crippen LogP contribution in [0.1, 0.15) is 56.5 Å². The van der Waals surface area contributed by atoms with Crippen LogP contribution in [0.15, 0.2) is 24.3 Å². The van der Waals surface area contributed by atoms with Gasteiger partial charge in [0.1, 0.15) is 5.82 Å². The molecule has 0 unspecified atom stereocenters. The predicted octanol–water partition coefficient (Wildman–Crippen LogP) is 4.51. The van der Waals surface area contributed by atoms with Crippen molar-refractivity contribution in [1.29, 1.82) is 0 Å². The minimum Gasteiger partial charge on any atom is -0.379 e. The van der Waals surface area contributed by atoms with Gasteiger partial charge >= 0.3 is 6.18 Å². The lowest BCUT2D eigenvalue weighted by molar-refractivity contribution is -0.137. The molecular formula is C21H27F3N4O. The number of ether oxygens (including phenoxy) is 1. The van der Waals surface area contributed by atoms with Gasteiger partial charge in [-0.05, 0) is 45.2 Å². The van der Waals surface area contributed by atoms with Crippen molar-refractivity contribution in [2.24, 2.45) is 0 Å². The Morgan fingerprint density at radius 3 is 2.59 bits per heavy atom. The number of hydrogen-bond acceptors (Lipinski definition) is 4. The average molecular weight is 408 g/mol. The lowest BCUT2D eigenvalue weighted by Gasteiger charge is -2.32. The van der Waals surface area contributed by atoms with Crippen molar-refractivity contribution in [2.75, 3.05) is 26.3 Å². The van der Waals surface area contributed by atoms with Gasteiger partial charge in [0.15, 0.2) is 5.82 Å².